The van der Waals surface area contributed by atoms with Crippen LogP contribution >= 0.6 is 0 Å². The molecule has 0 bridgehead atoms. The normalized spacial score (nSPS) is 12.8. The second-order valence-corrected chi connectivity index (χ2v) is 7.03. The van der Waals surface area contributed by atoms with Crippen molar-refractivity contribution in [3.8, 4) is 5.75 Å². The number of hydrogen-bond acceptors (Lipinski definition) is 4. The minimum atomic E-state index is -3.76. The fourth-order valence-electron chi connectivity index (χ4n) is 2.23. The molecule has 7 heteroatoms. The van der Waals surface area contributed by atoms with Crippen molar-refractivity contribution in [2.24, 2.45) is 0 Å². The second-order valence-electron chi connectivity index (χ2n) is 5.26. The number of aryl methyl sites for hydroxylation is 1. The number of benzene rings is 2. The van der Waals surface area contributed by atoms with Crippen LogP contribution in [0.3, 0.4) is 0 Å². The summed E-state index contributed by atoms with van der Waals surface area (Å²) in [5, 5.41) is 0. The molecule has 24 heavy (non-hydrogen) atoms. The molecule has 0 spiro atoms. The van der Waals surface area contributed by atoms with E-state index in [1.54, 1.807) is 25.3 Å². The zero-order chi connectivity index (χ0) is 17.7. The monoisotopic (exact) mass is 353 g/mol. The Labute approximate surface area is 141 Å². The molecule has 2 aromatic carbocycles. The zero-order valence-corrected chi connectivity index (χ0v) is 14.6. The topological polar surface area (TPSA) is 64.6 Å². The van der Waals surface area contributed by atoms with Crippen LogP contribution in [0.5, 0.6) is 5.75 Å². The fraction of sp³-hybridized carbons (Fsp3) is 0.294. The first-order valence-electron chi connectivity index (χ1n) is 7.30. The van der Waals surface area contributed by atoms with Gasteiger partial charge >= 0.3 is 0 Å². The summed E-state index contributed by atoms with van der Waals surface area (Å²) in [6.45, 7) is 1.56. The van der Waals surface area contributed by atoms with Crippen LogP contribution in [0.2, 0.25) is 0 Å². The highest BCUT2D eigenvalue weighted by atomic mass is 32.2. The van der Waals surface area contributed by atoms with Crippen molar-refractivity contribution in [3.63, 3.8) is 0 Å². The Bertz CT molecular complexity index is 808. The van der Waals surface area contributed by atoms with Crippen molar-refractivity contribution >= 4 is 10.0 Å². The Balaban J connectivity index is 2.15. The summed E-state index contributed by atoms with van der Waals surface area (Å²) < 4.78 is 51.0. The van der Waals surface area contributed by atoms with Crippen molar-refractivity contribution in [2.75, 3.05) is 20.8 Å². The Morgan fingerprint density at radius 1 is 1.17 bits per heavy atom. The summed E-state index contributed by atoms with van der Waals surface area (Å²) in [7, 11) is -0.700. The summed E-state index contributed by atoms with van der Waals surface area (Å²) in [5.41, 5.74) is 1.06. The van der Waals surface area contributed by atoms with Gasteiger partial charge in [-0.3, -0.25) is 0 Å². The molecular weight excluding hydrogens is 333 g/mol. The maximum Gasteiger partial charge on any atom is 0.240 e. The lowest BCUT2D eigenvalue weighted by molar-refractivity contribution is 0.107. The molecule has 2 aromatic rings. The van der Waals surface area contributed by atoms with Gasteiger partial charge in [-0.2, -0.15) is 0 Å². The number of halogens is 1. The summed E-state index contributed by atoms with van der Waals surface area (Å²) in [6.07, 6.45) is -0.476. The van der Waals surface area contributed by atoms with Crippen molar-refractivity contribution in [1.29, 1.82) is 0 Å². The lowest BCUT2D eigenvalue weighted by Crippen LogP contribution is -2.29. The highest BCUT2D eigenvalue weighted by Gasteiger charge is 2.19. The van der Waals surface area contributed by atoms with Crippen LogP contribution in [0.1, 0.15) is 17.2 Å². The van der Waals surface area contributed by atoms with Crippen molar-refractivity contribution in [3.05, 3.63) is 59.4 Å². The van der Waals surface area contributed by atoms with Gasteiger partial charge in [0.25, 0.3) is 0 Å². The predicted molar refractivity (Wildman–Crippen MR) is 89.1 cm³/mol. The number of hydrogen-bond donors (Lipinski definition) is 1. The van der Waals surface area contributed by atoms with E-state index in [0.717, 1.165) is 11.6 Å². The van der Waals surface area contributed by atoms with E-state index < -0.39 is 21.9 Å². The molecule has 0 saturated carbocycles. The van der Waals surface area contributed by atoms with Crippen LogP contribution < -0.4 is 9.46 Å². The molecule has 0 unspecified atom stereocenters. The third-order valence-electron chi connectivity index (χ3n) is 3.65. The van der Waals surface area contributed by atoms with Gasteiger partial charge in [0.2, 0.25) is 10.0 Å². The van der Waals surface area contributed by atoms with Crippen LogP contribution in [0.25, 0.3) is 0 Å². The van der Waals surface area contributed by atoms with Crippen LogP contribution in [0, 0.1) is 12.7 Å². The number of methoxy groups -OCH3 is 2. The quantitative estimate of drug-likeness (QED) is 0.831. The Morgan fingerprint density at radius 2 is 1.92 bits per heavy atom. The molecule has 1 atom stereocenters. The molecule has 0 saturated heterocycles. The van der Waals surface area contributed by atoms with Gasteiger partial charge in [-0.15, -0.1) is 0 Å². The molecule has 0 radical (unpaired) electrons. The molecule has 2 rings (SSSR count). The fourth-order valence-corrected chi connectivity index (χ4v) is 3.35. The Kier molecular flexibility index (Phi) is 5.93. The van der Waals surface area contributed by atoms with E-state index in [1.807, 2.05) is 6.07 Å². The molecule has 0 aromatic heterocycles. The molecule has 0 aliphatic rings. The van der Waals surface area contributed by atoms with E-state index >= 15 is 0 Å². The van der Waals surface area contributed by atoms with Gasteiger partial charge < -0.3 is 9.47 Å². The Morgan fingerprint density at radius 3 is 2.54 bits per heavy atom. The first kappa shape index (κ1) is 18.4. The first-order chi connectivity index (χ1) is 11.4. The van der Waals surface area contributed by atoms with Crippen molar-refractivity contribution in [2.45, 2.75) is 17.9 Å². The van der Waals surface area contributed by atoms with E-state index in [2.05, 4.69) is 4.72 Å². The third-order valence-corrected chi connectivity index (χ3v) is 5.07. The predicted octanol–water partition coefficient (Wildman–Crippen LogP) is 2.81. The second kappa shape index (κ2) is 7.74. The van der Waals surface area contributed by atoms with Crippen molar-refractivity contribution < 1.29 is 22.3 Å². The Hall–Kier alpha value is -1.96. The van der Waals surface area contributed by atoms with E-state index in [4.69, 9.17) is 9.47 Å². The van der Waals surface area contributed by atoms with Gasteiger partial charge in [0, 0.05) is 13.7 Å². The average molecular weight is 353 g/mol. The summed E-state index contributed by atoms with van der Waals surface area (Å²) in [4.78, 5) is 0.0156. The molecular formula is C17H20FNO4S. The molecule has 0 aliphatic heterocycles. The van der Waals surface area contributed by atoms with Crippen LogP contribution in [-0.2, 0) is 14.8 Å². The molecule has 0 fully saturated rings. The number of rotatable bonds is 7. The SMILES string of the molecule is COc1cccc([C@@H](CNS(=O)(=O)c2ccc(F)c(C)c2)OC)c1. The van der Waals surface area contributed by atoms with E-state index in [-0.39, 0.29) is 17.0 Å². The van der Waals surface area contributed by atoms with Gasteiger partial charge in [0.1, 0.15) is 11.6 Å². The highest BCUT2D eigenvalue weighted by Crippen LogP contribution is 2.22. The number of sulfonamides is 1. The molecule has 0 aliphatic carbocycles. The molecule has 5 nitrogen and oxygen atoms in total. The molecule has 0 heterocycles. The van der Waals surface area contributed by atoms with Crippen LogP contribution in [0.4, 0.5) is 4.39 Å². The van der Waals surface area contributed by atoms with Crippen molar-refractivity contribution in [1.82, 2.24) is 4.72 Å². The lowest BCUT2D eigenvalue weighted by atomic mass is 10.1. The lowest BCUT2D eigenvalue weighted by Gasteiger charge is -2.17. The summed E-state index contributed by atoms with van der Waals surface area (Å²) >= 11 is 0. The third kappa shape index (κ3) is 4.31. The van der Waals surface area contributed by atoms with Gasteiger partial charge in [-0.1, -0.05) is 12.1 Å². The summed E-state index contributed by atoms with van der Waals surface area (Å²) in [5.74, 6) is 0.215. The highest BCUT2D eigenvalue weighted by molar-refractivity contribution is 7.89. The van der Waals surface area contributed by atoms with Crippen LogP contribution in [-0.4, -0.2) is 29.2 Å². The molecule has 0 amide bonds. The maximum atomic E-state index is 13.3. The standard InChI is InChI=1S/C17H20FNO4S/c1-12-9-15(7-8-16(12)18)24(20,21)19-11-17(23-3)13-5-4-6-14(10-13)22-2/h4-10,17,19H,11H2,1-3H3/t17-/m1/s1. The largest absolute Gasteiger partial charge is 0.497 e. The minimum absolute atomic E-state index is 0.0156. The van der Waals surface area contributed by atoms with E-state index in [0.29, 0.717) is 5.75 Å². The summed E-state index contributed by atoms with van der Waals surface area (Å²) in [6, 6.07) is 10.9. The average Bonchev–Trinajstić information content (AvgIpc) is 2.58. The van der Waals surface area contributed by atoms with Gasteiger partial charge in [-0.25, -0.2) is 17.5 Å². The number of ether oxygens (including phenoxy) is 2. The molecule has 130 valence electrons. The van der Waals surface area contributed by atoms with E-state index in [9.17, 15) is 12.8 Å². The molecule has 1 N–H and O–H groups in total. The minimum Gasteiger partial charge on any atom is -0.497 e. The van der Waals surface area contributed by atoms with Gasteiger partial charge in [0.05, 0.1) is 18.1 Å². The smallest absolute Gasteiger partial charge is 0.240 e. The zero-order valence-electron chi connectivity index (χ0n) is 13.7. The first-order valence-corrected chi connectivity index (χ1v) is 8.78. The van der Waals surface area contributed by atoms with E-state index in [1.165, 1.54) is 26.2 Å². The van der Waals surface area contributed by atoms with Crippen LogP contribution in [0.15, 0.2) is 47.4 Å². The van der Waals surface area contributed by atoms with Gasteiger partial charge in [-0.05, 0) is 48.4 Å². The van der Waals surface area contributed by atoms with Gasteiger partial charge in [0.15, 0.2) is 0 Å². The maximum absolute atomic E-state index is 13.3. The number of nitrogens with one attached hydrogen (secondary N) is 1.